The van der Waals surface area contributed by atoms with Gasteiger partial charge < -0.3 is 5.32 Å². The van der Waals surface area contributed by atoms with E-state index < -0.39 is 0 Å². The third-order valence-corrected chi connectivity index (χ3v) is 4.29. The molecule has 21 heavy (non-hydrogen) atoms. The Balaban J connectivity index is 1.66. The van der Waals surface area contributed by atoms with Gasteiger partial charge in [-0.05, 0) is 13.8 Å². The molecule has 5 nitrogen and oxygen atoms in total. The first-order valence-electron chi connectivity index (χ1n) is 6.96. The van der Waals surface area contributed by atoms with E-state index in [1.54, 1.807) is 11.3 Å². The van der Waals surface area contributed by atoms with Crippen LogP contribution in [0.5, 0.6) is 0 Å². The van der Waals surface area contributed by atoms with Gasteiger partial charge in [-0.3, -0.25) is 9.08 Å². The molecular weight excluding hydrogens is 282 g/mol. The Labute approximate surface area is 127 Å². The van der Waals surface area contributed by atoms with Crippen LogP contribution in [-0.4, -0.2) is 19.2 Å². The number of fused-ring (bicyclic) bond motifs is 1. The van der Waals surface area contributed by atoms with Crippen molar-refractivity contribution in [3.05, 3.63) is 53.6 Å². The second kappa shape index (κ2) is 5.83. The summed E-state index contributed by atoms with van der Waals surface area (Å²) in [6.07, 6.45) is 8.04. The van der Waals surface area contributed by atoms with Gasteiger partial charge >= 0.3 is 0 Å². The maximum atomic E-state index is 4.63. The largest absolute Gasteiger partial charge is 0.305 e. The van der Waals surface area contributed by atoms with Crippen molar-refractivity contribution in [1.29, 1.82) is 0 Å². The van der Waals surface area contributed by atoms with Crippen LogP contribution in [0.2, 0.25) is 0 Å². The summed E-state index contributed by atoms with van der Waals surface area (Å²) in [5.41, 5.74) is 3.34. The monoisotopic (exact) mass is 301 g/mol. The van der Waals surface area contributed by atoms with Gasteiger partial charge in [-0.1, -0.05) is 6.08 Å². The van der Waals surface area contributed by atoms with Gasteiger partial charge in [0, 0.05) is 42.1 Å². The SMILES string of the molecule is C=CCn1cc(CN[C@@H](C)c2cn3ccsc3n2)c(C)n1. The van der Waals surface area contributed by atoms with E-state index in [1.807, 2.05) is 29.3 Å². The van der Waals surface area contributed by atoms with Gasteiger partial charge in [-0.15, -0.1) is 17.9 Å². The fourth-order valence-electron chi connectivity index (χ4n) is 2.28. The lowest BCUT2D eigenvalue weighted by molar-refractivity contribution is 0.562. The predicted molar refractivity (Wildman–Crippen MR) is 85.5 cm³/mol. The molecule has 0 aliphatic carbocycles. The molecule has 0 unspecified atom stereocenters. The average molecular weight is 301 g/mol. The standard InChI is InChI=1S/C15H19N5S/c1-4-5-20-9-13(11(2)18-20)8-16-12(3)14-10-19-6-7-21-15(19)17-14/h4,6-7,9-10,12,16H,1,5,8H2,2-3H3/t12-/m0/s1. The highest BCUT2D eigenvalue weighted by Gasteiger charge is 2.12. The lowest BCUT2D eigenvalue weighted by Crippen LogP contribution is -2.18. The zero-order valence-corrected chi connectivity index (χ0v) is 13.1. The molecule has 0 saturated heterocycles. The molecule has 0 aliphatic rings. The van der Waals surface area contributed by atoms with E-state index in [1.165, 1.54) is 5.56 Å². The molecule has 1 atom stereocenters. The quantitative estimate of drug-likeness (QED) is 0.712. The molecule has 0 aromatic carbocycles. The fraction of sp³-hybridized carbons (Fsp3) is 0.333. The van der Waals surface area contributed by atoms with Crippen LogP contribution in [-0.2, 0) is 13.1 Å². The summed E-state index contributed by atoms with van der Waals surface area (Å²) in [6, 6.07) is 0.208. The summed E-state index contributed by atoms with van der Waals surface area (Å²) in [7, 11) is 0. The molecule has 0 radical (unpaired) electrons. The summed E-state index contributed by atoms with van der Waals surface area (Å²) < 4.78 is 3.97. The van der Waals surface area contributed by atoms with Crippen molar-refractivity contribution in [3.8, 4) is 0 Å². The predicted octanol–water partition coefficient (Wildman–Crippen LogP) is 2.94. The number of nitrogens with zero attached hydrogens (tertiary/aromatic N) is 4. The third-order valence-electron chi connectivity index (χ3n) is 3.52. The normalized spacial score (nSPS) is 12.9. The number of thiazole rings is 1. The van der Waals surface area contributed by atoms with Crippen molar-refractivity contribution in [3.63, 3.8) is 0 Å². The number of hydrogen-bond acceptors (Lipinski definition) is 4. The number of nitrogens with one attached hydrogen (secondary N) is 1. The molecule has 0 bridgehead atoms. The van der Waals surface area contributed by atoms with Gasteiger partial charge in [0.2, 0.25) is 0 Å². The van der Waals surface area contributed by atoms with Crippen LogP contribution in [0.3, 0.4) is 0 Å². The number of aromatic nitrogens is 4. The van der Waals surface area contributed by atoms with E-state index in [0.717, 1.165) is 29.4 Å². The molecule has 1 N–H and O–H groups in total. The van der Waals surface area contributed by atoms with Crippen LogP contribution < -0.4 is 5.32 Å². The third kappa shape index (κ3) is 2.91. The molecule has 110 valence electrons. The Bertz CT molecular complexity index is 723. The summed E-state index contributed by atoms with van der Waals surface area (Å²) in [5.74, 6) is 0. The van der Waals surface area contributed by atoms with Gasteiger partial charge in [0.05, 0.1) is 17.9 Å². The van der Waals surface area contributed by atoms with Crippen LogP contribution >= 0.6 is 11.3 Å². The van der Waals surface area contributed by atoms with Crippen molar-refractivity contribution in [2.75, 3.05) is 0 Å². The second-order valence-corrected chi connectivity index (χ2v) is 5.98. The summed E-state index contributed by atoms with van der Waals surface area (Å²) in [6.45, 7) is 9.44. The smallest absolute Gasteiger partial charge is 0.193 e. The van der Waals surface area contributed by atoms with Crippen molar-refractivity contribution in [2.45, 2.75) is 33.0 Å². The van der Waals surface area contributed by atoms with Crippen molar-refractivity contribution < 1.29 is 0 Å². The minimum absolute atomic E-state index is 0.208. The lowest BCUT2D eigenvalue weighted by atomic mass is 10.2. The van der Waals surface area contributed by atoms with Crippen LogP contribution in [0.1, 0.15) is 29.9 Å². The Kier molecular flexibility index (Phi) is 3.90. The molecule has 0 fully saturated rings. The Morgan fingerprint density at radius 2 is 2.33 bits per heavy atom. The number of hydrogen-bond donors (Lipinski definition) is 1. The highest BCUT2D eigenvalue weighted by Crippen LogP contribution is 2.17. The van der Waals surface area contributed by atoms with E-state index in [2.05, 4.69) is 45.7 Å². The van der Waals surface area contributed by atoms with E-state index >= 15 is 0 Å². The molecular formula is C15H19N5S. The van der Waals surface area contributed by atoms with Crippen molar-refractivity contribution in [2.24, 2.45) is 0 Å². The number of rotatable bonds is 6. The molecule has 3 heterocycles. The maximum Gasteiger partial charge on any atom is 0.193 e. The van der Waals surface area contributed by atoms with Crippen LogP contribution in [0.15, 0.2) is 36.6 Å². The van der Waals surface area contributed by atoms with Crippen molar-refractivity contribution >= 4 is 16.3 Å². The van der Waals surface area contributed by atoms with Crippen molar-refractivity contribution in [1.82, 2.24) is 24.5 Å². The highest BCUT2D eigenvalue weighted by molar-refractivity contribution is 7.15. The van der Waals surface area contributed by atoms with E-state index in [-0.39, 0.29) is 6.04 Å². The Morgan fingerprint density at radius 3 is 3.10 bits per heavy atom. The topological polar surface area (TPSA) is 47.2 Å². The molecule has 6 heteroatoms. The minimum atomic E-state index is 0.208. The van der Waals surface area contributed by atoms with Crippen LogP contribution in [0.25, 0.3) is 4.96 Å². The second-order valence-electron chi connectivity index (χ2n) is 5.11. The van der Waals surface area contributed by atoms with Gasteiger partial charge in [0.15, 0.2) is 4.96 Å². The van der Waals surface area contributed by atoms with E-state index in [0.29, 0.717) is 0 Å². The summed E-state index contributed by atoms with van der Waals surface area (Å²) in [5, 5.41) is 10.0. The van der Waals surface area contributed by atoms with Gasteiger partial charge in [0.1, 0.15) is 0 Å². The zero-order chi connectivity index (χ0) is 14.8. The molecule has 3 aromatic heterocycles. The first kappa shape index (κ1) is 14.0. The van der Waals surface area contributed by atoms with E-state index in [4.69, 9.17) is 0 Å². The summed E-state index contributed by atoms with van der Waals surface area (Å²) >= 11 is 1.65. The van der Waals surface area contributed by atoms with Crippen LogP contribution in [0, 0.1) is 6.92 Å². The van der Waals surface area contributed by atoms with Gasteiger partial charge in [-0.25, -0.2) is 4.98 Å². The maximum absolute atomic E-state index is 4.63. The van der Waals surface area contributed by atoms with Crippen LogP contribution in [0.4, 0.5) is 0 Å². The number of aryl methyl sites for hydroxylation is 1. The number of allylic oxidation sites excluding steroid dienone is 1. The molecule has 0 amide bonds. The molecule has 0 saturated carbocycles. The molecule has 3 rings (SSSR count). The molecule has 0 spiro atoms. The first-order valence-corrected chi connectivity index (χ1v) is 7.84. The fourth-order valence-corrected chi connectivity index (χ4v) is 2.99. The van der Waals surface area contributed by atoms with Gasteiger partial charge in [0.25, 0.3) is 0 Å². The van der Waals surface area contributed by atoms with Gasteiger partial charge in [-0.2, -0.15) is 5.10 Å². The number of imidazole rings is 1. The first-order chi connectivity index (χ1) is 10.2. The zero-order valence-electron chi connectivity index (χ0n) is 12.3. The molecule has 0 aliphatic heterocycles. The van der Waals surface area contributed by atoms with E-state index in [9.17, 15) is 0 Å². The Morgan fingerprint density at radius 1 is 1.48 bits per heavy atom. The lowest BCUT2D eigenvalue weighted by Gasteiger charge is -2.10. The molecule has 3 aromatic rings. The average Bonchev–Trinajstić information content (AvgIpc) is 3.11. The highest BCUT2D eigenvalue weighted by atomic mass is 32.1. The summed E-state index contributed by atoms with van der Waals surface area (Å²) in [4.78, 5) is 5.66. The Hall–Kier alpha value is -1.92. The minimum Gasteiger partial charge on any atom is -0.305 e.